The van der Waals surface area contributed by atoms with Crippen LogP contribution in [0.2, 0.25) is 0 Å². The van der Waals surface area contributed by atoms with E-state index in [0.717, 1.165) is 0 Å². The number of aromatic nitrogens is 1. The van der Waals surface area contributed by atoms with Crippen LogP contribution in [0, 0.1) is 18.3 Å². The van der Waals surface area contributed by atoms with Crippen LogP contribution < -0.4 is 4.72 Å². The van der Waals surface area contributed by atoms with E-state index in [2.05, 4.69) is 9.71 Å². The highest BCUT2D eigenvalue weighted by atomic mass is 32.2. The maximum atomic E-state index is 11.8. The zero-order valence-electron chi connectivity index (χ0n) is 10.5. The molecule has 0 aliphatic heterocycles. The van der Waals surface area contributed by atoms with Crippen molar-refractivity contribution in [1.29, 1.82) is 5.26 Å². The fourth-order valence-corrected chi connectivity index (χ4v) is 2.62. The van der Waals surface area contributed by atoms with Crippen molar-refractivity contribution in [2.45, 2.75) is 20.0 Å². The molecular formula is C11H15N3O3S. The Balaban J connectivity index is 2.91. The van der Waals surface area contributed by atoms with E-state index in [-0.39, 0.29) is 11.6 Å². The maximum absolute atomic E-state index is 11.8. The summed E-state index contributed by atoms with van der Waals surface area (Å²) in [6.07, 6.45) is -0.414. The molecule has 7 heteroatoms. The van der Waals surface area contributed by atoms with Gasteiger partial charge in [0.25, 0.3) is 0 Å². The number of hydrogen-bond donors (Lipinski definition) is 1. The molecule has 0 saturated carbocycles. The molecule has 0 saturated heterocycles. The van der Waals surface area contributed by atoms with E-state index in [1.165, 1.54) is 13.2 Å². The summed E-state index contributed by atoms with van der Waals surface area (Å²) in [5.74, 6) is -0.0177. The summed E-state index contributed by atoms with van der Waals surface area (Å²) in [5, 5.41) is 8.79. The molecule has 1 unspecified atom stereocenters. The molecule has 0 aromatic carbocycles. The van der Waals surface area contributed by atoms with Gasteiger partial charge < -0.3 is 4.74 Å². The molecule has 18 heavy (non-hydrogen) atoms. The second kappa shape index (κ2) is 5.80. The van der Waals surface area contributed by atoms with Crippen LogP contribution in [0.5, 0.6) is 0 Å². The molecule has 1 N–H and O–H groups in total. The van der Waals surface area contributed by atoms with Crippen molar-refractivity contribution < 1.29 is 13.2 Å². The zero-order valence-corrected chi connectivity index (χ0v) is 11.3. The highest BCUT2D eigenvalue weighted by molar-refractivity contribution is 7.92. The lowest BCUT2D eigenvalue weighted by atomic mass is 10.2. The minimum absolute atomic E-state index is 0.148. The van der Waals surface area contributed by atoms with Gasteiger partial charge in [-0.1, -0.05) is 0 Å². The summed E-state index contributed by atoms with van der Waals surface area (Å²) in [4.78, 5) is 4.02. The lowest BCUT2D eigenvalue weighted by Crippen LogP contribution is -2.25. The van der Waals surface area contributed by atoms with Crippen molar-refractivity contribution in [3.05, 3.63) is 23.4 Å². The lowest BCUT2D eigenvalue weighted by molar-refractivity contribution is 0.136. The largest absolute Gasteiger partial charge is 0.381 e. The average molecular weight is 269 g/mol. The molecule has 1 rings (SSSR count). The number of pyridine rings is 1. The van der Waals surface area contributed by atoms with Gasteiger partial charge >= 0.3 is 0 Å². The third kappa shape index (κ3) is 4.31. The number of nitriles is 1. The van der Waals surface area contributed by atoms with E-state index in [1.54, 1.807) is 19.9 Å². The molecule has 0 bridgehead atoms. The van der Waals surface area contributed by atoms with Crippen LogP contribution in [0.4, 0.5) is 5.82 Å². The Hall–Kier alpha value is -1.65. The first-order chi connectivity index (χ1) is 8.36. The molecule has 0 fully saturated rings. The van der Waals surface area contributed by atoms with Gasteiger partial charge in [-0.15, -0.1) is 0 Å². The van der Waals surface area contributed by atoms with Gasteiger partial charge in [0, 0.05) is 12.8 Å². The maximum Gasteiger partial charge on any atom is 0.236 e. The van der Waals surface area contributed by atoms with Crippen LogP contribution in [-0.2, 0) is 14.8 Å². The predicted molar refractivity (Wildman–Crippen MR) is 67.6 cm³/mol. The third-order valence-corrected chi connectivity index (χ3v) is 3.63. The smallest absolute Gasteiger partial charge is 0.236 e. The molecule has 0 aliphatic rings. The van der Waals surface area contributed by atoms with Gasteiger partial charge in [0.1, 0.15) is 5.82 Å². The number of rotatable bonds is 5. The molecule has 0 amide bonds. The minimum Gasteiger partial charge on any atom is -0.381 e. The van der Waals surface area contributed by atoms with Crippen molar-refractivity contribution in [2.75, 3.05) is 17.6 Å². The Bertz CT molecular complexity index is 563. The van der Waals surface area contributed by atoms with Crippen LogP contribution in [-0.4, -0.2) is 32.4 Å². The second-order valence-electron chi connectivity index (χ2n) is 3.92. The number of hydrogen-bond acceptors (Lipinski definition) is 5. The Morgan fingerprint density at radius 1 is 1.56 bits per heavy atom. The molecule has 0 radical (unpaired) electrons. The van der Waals surface area contributed by atoms with Gasteiger partial charge in [0.15, 0.2) is 0 Å². The summed E-state index contributed by atoms with van der Waals surface area (Å²) in [7, 11) is -2.09. The summed E-state index contributed by atoms with van der Waals surface area (Å²) in [6.45, 7) is 3.35. The normalized spacial score (nSPS) is 12.8. The van der Waals surface area contributed by atoms with Crippen molar-refractivity contribution in [1.82, 2.24) is 4.98 Å². The zero-order chi connectivity index (χ0) is 13.8. The summed E-state index contributed by atoms with van der Waals surface area (Å²) in [5.41, 5.74) is 0.937. The SMILES string of the molecule is COC(C)CS(=O)(=O)Nc1cc(C#N)cc(C)n1. The number of methoxy groups -OCH3 is 1. The Morgan fingerprint density at radius 2 is 2.22 bits per heavy atom. The third-order valence-electron chi connectivity index (χ3n) is 2.20. The van der Waals surface area contributed by atoms with Crippen molar-refractivity contribution in [3.63, 3.8) is 0 Å². The Morgan fingerprint density at radius 3 is 2.78 bits per heavy atom. The quantitative estimate of drug-likeness (QED) is 0.862. The minimum atomic E-state index is -3.53. The van der Waals surface area contributed by atoms with E-state index in [0.29, 0.717) is 11.3 Å². The molecule has 1 aromatic rings. The van der Waals surface area contributed by atoms with Gasteiger partial charge in [-0.05, 0) is 26.0 Å². The topological polar surface area (TPSA) is 92.1 Å². The Labute approximate surface area is 107 Å². The number of aryl methyl sites for hydroxylation is 1. The number of nitrogens with zero attached hydrogens (tertiary/aromatic N) is 2. The van der Waals surface area contributed by atoms with E-state index >= 15 is 0 Å². The molecule has 0 spiro atoms. The van der Waals surface area contributed by atoms with Gasteiger partial charge in [-0.2, -0.15) is 5.26 Å². The predicted octanol–water partition coefficient (Wildman–Crippen LogP) is 1.04. The fraction of sp³-hybridized carbons (Fsp3) is 0.455. The molecular weight excluding hydrogens is 254 g/mol. The van der Waals surface area contributed by atoms with E-state index in [4.69, 9.17) is 10.00 Å². The number of sulfonamides is 1. The Kier molecular flexibility index (Phi) is 4.64. The van der Waals surface area contributed by atoms with Gasteiger partial charge in [0.05, 0.1) is 23.5 Å². The first-order valence-electron chi connectivity index (χ1n) is 5.28. The van der Waals surface area contributed by atoms with Gasteiger partial charge in [-0.25, -0.2) is 13.4 Å². The van der Waals surface area contributed by atoms with Crippen LogP contribution in [0.25, 0.3) is 0 Å². The number of ether oxygens (including phenoxy) is 1. The van der Waals surface area contributed by atoms with E-state index < -0.39 is 16.1 Å². The number of nitrogens with one attached hydrogen (secondary N) is 1. The first-order valence-corrected chi connectivity index (χ1v) is 6.93. The van der Waals surface area contributed by atoms with Gasteiger partial charge in [-0.3, -0.25) is 4.72 Å². The molecule has 98 valence electrons. The van der Waals surface area contributed by atoms with Gasteiger partial charge in [0.2, 0.25) is 10.0 Å². The molecule has 1 heterocycles. The van der Waals surface area contributed by atoms with E-state index in [9.17, 15) is 8.42 Å². The summed E-state index contributed by atoms with van der Waals surface area (Å²) < 4.78 is 30.8. The molecule has 1 aromatic heterocycles. The van der Waals surface area contributed by atoms with Crippen LogP contribution in [0.3, 0.4) is 0 Å². The highest BCUT2D eigenvalue weighted by Crippen LogP contribution is 2.11. The molecule has 0 aliphatic carbocycles. The molecule has 6 nitrogen and oxygen atoms in total. The van der Waals surface area contributed by atoms with Crippen molar-refractivity contribution in [3.8, 4) is 6.07 Å². The number of anilines is 1. The van der Waals surface area contributed by atoms with Crippen molar-refractivity contribution >= 4 is 15.8 Å². The first kappa shape index (κ1) is 14.4. The van der Waals surface area contributed by atoms with Crippen LogP contribution in [0.1, 0.15) is 18.2 Å². The standard InChI is InChI=1S/C11H15N3O3S/c1-8-4-10(6-12)5-11(13-8)14-18(15,16)7-9(2)17-3/h4-5,9H,7H2,1-3H3,(H,13,14). The summed E-state index contributed by atoms with van der Waals surface area (Å²) in [6, 6.07) is 4.92. The lowest BCUT2D eigenvalue weighted by Gasteiger charge is -2.12. The highest BCUT2D eigenvalue weighted by Gasteiger charge is 2.16. The van der Waals surface area contributed by atoms with Crippen molar-refractivity contribution in [2.24, 2.45) is 0 Å². The monoisotopic (exact) mass is 269 g/mol. The fourth-order valence-electron chi connectivity index (χ4n) is 1.36. The summed E-state index contributed by atoms with van der Waals surface area (Å²) >= 11 is 0. The second-order valence-corrected chi connectivity index (χ2v) is 5.69. The van der Waals surface area contributed by atoms with Crippen LogP contribution in [0.15, 0.2) is 12.1 Å². The molecule has 1 atom stereocenters. The van der Waals surface area contributed by atoms with E-state index in [1.807, 2.05) is 6.07 Å². The average Bonchev–Trinajstić information content (AvgIpc) is 2.26. The van der Waals surface area contributed by atoms with Crippen LogP contribution >= 0.6 is 0 Å².